The van der Waals surface area contributed by atoms with Crippen LogP contribution >= 0.6 is 22.9 Å². The summed E-state index contributed by atoms with van der Waals surface area (Å²) in [6, 6.07) is 7.00. The number of amides is 4. The molecule has 1 aromatic heterocycles. The minimum absolute atomic E-state index is 0.341. The Balaban J connectivity index is 1.62. The molecule has 0 unspecified atom stereocenters. The van der Waals surface area contributed by atoms with Crippen molar-refractivity contribution in [3.05, 3.63) is 45.9 Å². The molecule has 28 heavy (non-hydrogen) atoms. The summed E-state index contributed by atoms with van der Waals surface area (Å²) in [7, 11) is 0. The van der Waals surface area contributed by atoms with Gasteiger partial charge in [0.05, 0.1) is 0 Å². The van der Waals surface area contributed by atoms with E-state index < -0.39 is 17.5 Å². The van der Waals surface area contributed by atoms with Gasteiger partial charge in [-0.15, -0.1) is 11.3 Å². The van der Waals surface area contributed by atoms with E-state index in [0.717, 1.165) is 15.3 Å². The van der Waals surface area contributed by atoms with Gasteiger partial charge in [0, 0.05) is 22.5 Å². The van der Waals surface area contributed by atoms with E-state index in [1.807, 2.05) is 38.1 Å². The van der Waals surface area contributed by atoms with Crippen molar-refractivity contribution >= 4 is 45.9 Å². The van der Waals surface area contributed by atoms with E-state index in [1.54, 1.807) is 6.20 Å². The van der Waals surface area contributed by atoms with Gasteiger partial charge in [0.15, 0.2) is 5.13 Å². The van der Waals surface area contributed by atoms with Crippen molar-refractivity contribution in [2.24, 2.45) is 0 Å². The molecule has 1 saturated heterocycles. The standard InChI is InChI=1S/C19H21ClN4O3S/c1-3-19(4-2)16(26)24(18(27)23-19)11-15(25)22-17-21-10-13(28-17)9-12-7-5-6-8-14(12)20/h5-8,10H,3-4,9,11H2,1-2H3,(H,23,27)(H,21,22,25). The van der Waals surface area contributed by atoms with E-state index in [4.69, 9.17) is 11.6 Å². The minimum Gasteiger partial charge on any atom is -0.323 e. The van der Waals surface area contributed by atoms with Crippen LogP contribution < -0.4 is 10.6 Å². The Labute approximate surface area is 172 Å². The number of thiazole rings is 1. The number of carbonyl (C=O) groups is 3. The lowest BCUT2D eigenvalue weighted by molar-refractivity contribution is -0.134. The van der Waals surface area contributed by atoms with E-state index in [1.165, 1.54) is 11.3 Å². The second-order valence-corrected chi connectivity index (χ2v) is 8.08. The Kier molecular flexibility index (Phi) is 6.00. The number of urea groups is 1. The Morgan fingerprint density at radius 1 is 1.29 bits per heavy atom. The molecule has 3 rings (SSSR count). The molecular formula is C19H21ClN4O3S. The van der Waals surface area contributed by atoms with Crippen molar-refractivity contribution in [3.8, 4) is 0 Å². The highest BCUT2D eigenvalue weighted by Gasteiger charge is 2.49. The summed E-state index contributed by atoms with van der Waals surface area (Å²) in [4.78, 5) is 43.1. The third-order valence-electron chi connectivity index (χ3n) is 4.88. The molecule has 148 valence electrons. The molecule has 1 aliphatic heterocycles. The van der Waals surface area contributed by atoms with Crippen LogP contribution in [0.2, 0.25) is 5.02 Å². The maximum Gasteiger partial charge on any atom is 0.325 e. The van der Waals surface area contributed by atoms with Crippen molar-refractivity contribution in [1.29, 1.82) is 0 Å². The van der Waals surface area contributed by atoms with Crippen LogP contribution in [0, 0.1) is 0 Å². The minimum atomic E-state index is -0.916. The number of aromatic nitrogens is 1. The number of hydrogen-bond donors (Lipinski definition) is 2. The van der Waals surface area contributed by atoms with Crippen LogP contribution in [0.25, 0.3) is 0 Å². The first kappa shape index (κ1) is 20.3. The fourth-order valence-corrected chi connectivity index (χ4v) is 4.18. The molecule has 0 spiro atoms. The molecular weight excluding hydrogens is 400 g/mol. The van der Waals surface area contributed by atoms with Gasteiger partial charge in [-0.2, -0.15) is 0 Å². The molecule has 2 heterocycles. The topological polar surface area (TPSA) is 91.4 Å². The van der Waals surface area contributed by atoms with E-state index in [9.17, 15) is 14.4 Å². The smallest absolute Gasteiger partial charge is 0.323 e. The van der Waals surface area contributed by atoms with E-state index in [-0.39, 0.29) is 12.5 Å². The van der Waals surface area contributed by atoms with Crippen LogP contribution in [0.5, 0.6) is 0 Å². The van der Waals surface area contributed by atoms with Gasteiger partial charge in [-0.05, 0) is 24.5 Å². The second-order valence-electron chi connectivity index (χ2n) is 6.56. The molecule has 1 aromatic carbocycles. The van der Waals surface area contributed by atoms with Crippen LogP contribution in [0.3, 0.4) is 0 Å². The van der Waals surface area contributed by atoms with Crippen LogP contribution in [-0.2, 0) is 16.0 Å². The third-order valence-corrected chi connectivity index (χ3v) is 6.16. The molecule has 2 aromatic rings. The zero-order valence-corrected chi connectivity index (χ0v) is 17.2. The average molecular weight is 421 g/mol. The summed E-state index contributed by atoms with van der Waals surface area (Å²) in [6.45, 7) is 3.33. The molecule has 7 nitrogen and oxygen atoms in total. The van der Waals surface area contributed by atoms with Crippen molar-refractivity contribution in [2.45, 2.75) is 38.6 Å². The van der Waals surface area contributed by atoms with Crippen molar-refractivity contribution in [1.82, 2.24) is 15.2 Å². The van der Waals surface area contributed by atoms with Gasteiger partial charge >= 0.3 is 6.03 Å². The molecule has 4 amide bonds. The summed E-state index contributed by atoms with van der Waals surface area (Å²) in [5, 5.41) is 6.45. The van der Waals surface area contributed by atoms with E-state index >= 15 is 0 Å². The summed E-state index contributed by atoms with van der Waals surface area (Å²) in [5.74, 6) is -0.832. The Hall–Kier alpha value is -2.45. The largest absolute Gasteiger partial charge is 0.325 e. The number of nitrogens with zero attached hydrogens (tertiary/aromatic N) is 2. The Bertz CT molecular complexity index is 910. The van der Waals surface area contributed by atoms with Gasteiger partial charge in [-0.25, -0.2) is 9.78 Å². The quantitative estimate of drug-likeness (QED) is 0.671. The summed E-state index contributed by atoms with van der Waals surface area (Å²) in [6.07, 6.45) is 3.24. The summed E-state index contributed by atoms with van der Waals surface area (Å²) < 4.78 is 0. The zero-order chi connectivity index (χ0) is 20.3. The number of hydrogen-bond acceptors (Lipinski definition) is 5. The van der Waals surface area contributed by atoms with Gasteiger partial charge in [0.1, 0.15) is 12.1 Å². The molecule has 0 saturated carbocycles. The first-order valence-electron chi connectivity index (χ1n) is 9.00. The predicted molar refractivity (Wildman–Crippen MR) is 109 cm³/mol. The van der Waals surface area contributed by atoms with Gasteiger partial charge in [-0.1, -0.05) is 43.6 Å². The van der Waals surface area contributed by atoms with Gasteiger partial charge in [0.25, 0.3) is 5.91 Å². The molecule has 0 aliphatic carbocycles. The van der Waals surface area contributed by atoms with Gasteiger partial charge < -0.3 is 10.6 Å². The van der Waals surface area contributed by atoms with Crippen LogP contribution in [0.4, 0.5) is 9.93 Å². The van der Waals surface area contributed by atoms with E-state index in [0.29, 0.717) is 29.4 Å². The van der Waals surface area contributed by atoms with Gasteiger partial charge in [-0.3, -0.25) is 14.5 Å². The summed E-state index contributed by atoms with van der Waals surface area (Å²) in [5.41, 5.74) is 0.0567. The Morgan fingerprint density at radius 2 is 2.00 bits per heavy atom. The van der Waals surface area contributed by atoms with Crippen molar-refractivity contribution in [3.63, 3.8) is 0 Å². The number of nitrogens with one attached hydrogen (secondary N) is 2. The first-order chi connectivity index (χ1) is 13.4. The highest BCUT2D eigenvalue weighted by Crippen LogP contribution is 2.26. The lowest BCUT2D eigenvalue weighted by atomic mass is 9.93. The molecule has 0 atom stereocenters. The molecule has 1 aliphatic rings. The van der Waals surface area contributed by atoms with Crippen molar-refractivity contribution < 1.29 is 14.4 Å². The average Bonchev–Trinajstić information content (AvgIpc) is 3.21. The lowest BCUT2D eigenvalue weighted by Crippen LogP contribution is -2.46. The molecule has 0 radical (unpaired) electrons. The molecule has 1 fully saturated rings. The molecule has 0 bridgehead atoms. The van der Waals surface area contributed by atoms with Crippen LogP contribution in [0.1, 0.15) is 37.1 Å². The maximum absolute atomic E-state index is 12.6. The molecule has 2 N–H and O–H groups in total. The fraction of sp³-hybridized carbons (Fsp3) is 0.368. The van der Waals surface area contributed by atoms with Crippen LogP contribution in [-0.4, -0.2) is 39.8 Å². The number of imide groups is 1. The fourth-order valence-electron chi connectivity index (χ4n) is 3.13. The highest BCUT2D eigenvalue weighted by atomic mass is 35.5. The Morgan fingerprint density at radius 3 is 2.64 bits per heavy atom. The predicted octanol–water partition coefficient (Wildman–Crippen LogP) is 3.44. The normalized spacial score (nSPS) is 15.6. The maximum atomic E-state index is 12.6. The summed E-state index contributed by atoms with van der Waals surface area (Å²) >= 11 is 7.50. The van der Waals surface area contributed by atoms with Crippen molar-refractivity contribution in [2.75, 3.05) is 11.9 Å². The van der Waals surface area contributed by atoms with Gasteiger partial charge in [0.2, 0.25) is 5.91 Å². The number of anilines is 1. The SMILES string of the molecule is CCC1(CC)NC(=O)N(CC(=O)Nc2ncc(Cc3ccccc3Cl)s2)C1=O. The first-order valence-corrected chi connectivity index (χ1v) is 10.2. The zero-order valence-electron chi connectivity index (χ0n) is 15.6. The lowest BCUT2D eigenvalue weighted by Gasteiger charge is -2.22. The third kappa shape index (κ3) is 4.02. The second kappa shape index (κ2) is 8.28. The number of halogens is 1. The monoisotopic (exact) mass is 420 g/mol. The number of benzene rings is 1. The molecule has 9 heteroatoms. The highest BCUT2D eigenvalue weighted by molar-refractivity contribution is 7.15. The number of rotatable bonds is 7. The van der Waals surface area contributed by atoms with E-state index in [2.05, 4.69) is 15.6 Å². The number of carbonyl (C=O) groups excluding carboxylic acids is 3. The van der Waals surface area contributed by atoms with Crippen LogP contribution in [0.15, 0.2) is 30.5 Å².